The number of esters is 1. The molecule has 4 heteroatoms. The van der Waals surface area contributed by atoms with E-state index in [4.69, 9.17) is 4.74 Å². The van der Waals surface area contributed by atoms with Gasteiger partial charge in [-0.15, -0.1) is 0 Å². The third-order valence-electron chi connectivity index (χ3n) is 5.80. The van der Waals surface area contributed by atoms with Gasteiger partial charge < -0.3 is 9.84 Å². The summed E-state index contributed by atoms with van der Waals surface area (Å²) in [5.41, 5.74) is -0.468. The van der Waals surface area contributed by atoms with E-state index in [1.165, 1.54) is 38.5 Å². The Morgan fingerprint density at radius 2 is 1.73 bits per heavy atom. The molecule has 1 aliphatic carbocycles. The summed E-state index contributed by atoms with van der Waals surface area (Å²) >= 11 is 0. The molecule has 1 fully saturated rings. The van der Waals surface area contributed by atoms with Crippen LogP contribution in [-0.4, -0.2) is 22.6 Å². The summed E-state index contributed by atoms with van der Waals surface area (Å²) in [6, 6.07) is 0. The van der Waals surface area contributed by atoms with Crippen LogP contribution in [0.1, 0.15) is 105 Å². The van der Waals surface area contributed by atoms with E-state index in [0.717, 1.165) is 31.6 Å². The summed E-state index contributed by atoms with van der Waals surface area (Å²) in [5.74, 6) is -0.900. The topological polar surface area (TPSA) is 63.6 Å². The van der Waals surface area contributed by atoms with Crippen molar-refractivity contribution in [2.75, 3.05) is 0 Å². The molecule has 0 heterocycles. The number of rotatable bonds is 12. The maximum Gasteiger partial charge on any atom is 0.309 e. The average Bonchev–Trinajstić information content (AvgIpc) is 2.59. The summed E-state index contributed by atoms with van der Waals surface area (Å²) in [7, 11) is 0. The zero-order valence-electron chi connectivity index (χ0n) is 17.4. The van der Waals surface area contributed by atoms with Crippen LogP contribution in [0, 0.1) is 17.8 Å². The summed E-state index contributed by atoms with van der Waals surface area (Å²) in [5, 5.41) is 9.20. The number of hydrogen-bond donors (Lipinski definition) is 1. The SMILES string of the molecule is CCCCCC(CCC)CCC(C)(C)OC(=O)C1CCCC(C(=O)O)C1. The fraction of sp³-hybridized carbons (Fsp3) is 0.909. The molecule has 1 saturated carbocycles. The second-order valence-electron chi connectivity index (χ2n) is 8.77. The number of carbonyl (C=O) groups excluding carboxylic acids is 1. The molecule has 0 spiro atoms. The van der Waals surface area contributed by atoms with Crippen molar-refractivity contribution in [3.8, 4) is 0 Å². The Bertz CT molecular complexity index is 430. The van der Waals surface area contributed by atoms with Crippen molar-refractivity contribution in [2.45, 2.75) is 110 Å². The van der Waals surface area contributed by atoms with Crippen LogP contribution in [0.3, 0.4) is 0 Å². The molecule has 0 bridgehead atoms. The predicted octanol–water partition coefficient (Wildman–Crippen LogP) is 5.98. The Hall–Kier alpha value is -1.06. The molecule has 0 saturated heterocycles. The van der Waals surface area contributed by atoms with E-state index in [-0.39, 0.29) is 11.9 Å². The van der Waals surface area contributed by atoms with Gasteiger partial charge in [-0.2, -0.15) is 0 Å². The molecule has 0 aliphatic heterocycles. The quantitative estimate of drug-likeness (QED) is 0.340. The summed E-state index contributed by atoms with van der Waals surface area (Å²) in [4.78, 5) is 23.8. The number of hydrogen-bond acceptors (Lipinski definition) is 3. The van der Waals surface area contributed by atoms with Crippen LogP contribution < -0.4 is 0 Å². The minimum atomic E-state index is -0.781. The first-order chi connectivity index (χ1) is 12.3. The van der Waals surface area contributed by atoms with Gasteiger partial charge >= 0.3 is 11.9 Å². The lowest BCUT2D eigenvalue weighted by atomic mass is 9.81. The number of ether oxygens (including phenoxy) is 1. The molecule has 1 N–H and O–H groups in total. The van der Waals surface area contributed by atoms with Crippen LogP contribution in [0.2, 0.25) is 0 Å². The minimum absolute atomic E-state index is 0.195. The molecule has 4 nitrogen and oxygen atoms in total. The van der Waals surface area contributed by atoms with E-state index < -0.39 is 17.5 Å². The van der Waals surface area contributed by atoms with Gasteiger partial charge in [-0.1, -0.05) is 58.8 Å². The minimum Gasteiger partial charge on any atom is -0.481 e. The normalized spacial score (nSPS) is 22.0. The van der Waals surface area contributed by atoms with E-state index in [9.17, 15) is 14.7 Å². The zero-order valence-corrected chi connectivity index (χ0v) is 17.4. The highest BCUT2D eigenvalue weighted by molar-refractivity contribution is 5.75. The highest BCUT2D eigenvalue weighted by Gasteiger charge is 2.34. The lowest BCUT2D eigenvalue weighted by Gasteiger charge is -2.31. The van der Waals surface area contributed by atoms with E-state index in [0.29, 0.717) is 12.8 Å². The summed E-state index contributed by atoms with van der Waals surface area (Å²) < 4.78 is 5.83. The smallest absolute Gasteiger partial charge is 0.309 e. The van der Waals surface area contributed by atoms with Crippen molar-refractivity contribution < 1.29 is 19.4 Å². The largest absolute Gasteiger partial charge is 0.481 e. The van der Waals surface area contributed by atoms with E-state index in [2.05, 4.69) is 13.8 Å². The molecule has 152 valence electrons. The average molecular weight is 369 g/mol. The predicted molar refractivity (Wildman–Crippen MR) is 105 cm³/mol. The van der Waals surface area contributed by atoms with Crippen LogP contribution in [0.15, 0.2) is 0 Å². The molecular weight excluding hydrogens is 328 g/mol. The van der Waals surface area contributed by atoms with Crippen LogP contribution in [0.5, 0.6) is 0 Å². The molecule has 0 radical (unpaired) electrons. The van der Waals surface area contributed by atoms with Crippen molar-refractivity contribution in [1.29, 1.82) is 0 Å². The molecular formula is C22H40O4. The lowest BCUT2D eigenvalue weighted by Crippen LogP contribution is -2.35. The molecule has 0 aromatic carbocycles. The first-order valence-corrected chi connectivity index (χ1v) is 10.7. The Labute approximate surface area is 160 Å². The summed E-state index contributed by atoms with van der Waals surface area (Å²) in [6.45, 7) is 8.46. The van der Waals surface area contributed by atoms with Gasteiger partial charge in [0, 0.05) is 0 Å². The van der Waals surface area contributed by atoms with Crippen molar-refractivity contribution >= 4 is 11.9 Å². The standard InChI is InChI=1S/C22H40O4/c1-5-7-8-11-17(10-6-2)14-15-22(3,4)26-21(25)19-13-9-12-18(16-19)20(23)24/h17-19H,5-16H2,1-4H3,(H,23,24). The molecule has 0 aromatic heterocycles. The van der Waals surface area contributed by atoms with E-state index in [1.54, 1.807) is 0 Å². The fourth-order valence-electron chi connectivity index (χ4n) is 4.11. The number of carboxylic acids is 1. The molecule has 3 atom stereocenters. The van der Waals surface area contributed by atoms with Crippen LogP contribution >= 0.6 is 0 Å². The molecule has 26 heavy (non-hydrogen) atoms. The number of carboxylic acid groups (broad SMARTS) is 1. The van der Waals surface area contributed by atoms with Gasteiger partial charge in [0.25, 0.3) is 0 Å². The van der Waals surface area contributed by atoms with Crippen molar-refractivity contribution in [1.82, 2.24) is 0 Å². The lowest BCUT2D eigenvalue weighted by molar-refractivity contribution is -0.165. The van der Waals surface area contributed by atoms with E-state index in [1.807, 2.05) is 13.8 Å². The van der Waals surface area contributed by atoms with E-state index >= 15 is 0 Å². The zero-order chi connectivity index (χ0) is 19.6. The Kier molecular flexibility index (Phi) is 10.3. The van der Waals surface area contributed by atoms with Gasteiger partial charge in [0.2, 0.25) is 0 Å². The fourth-order valence-corrected chi connectivity index (χ4v) is 4.11. The van der Waals surface area contributed by atoms with Crippen LogP contribution in [0.4, 0.5) is 0 Å². The van der Waals surface area contributed by atoms with Crippen LogP contribution in [0.25, 0.3) is 0 Å². The second kappa shape index (κ2) is 11.6. The van der Waals surface area contributed by atoms with Crippen molar-refractivity contribution in [3.63, 3.8) is 0 Å². The van der Waals surface area contributed by atoms with Gasteiger partial charge in [0.15, 0.2) is 0 Å². The Balaban J connectivity index is 2.47. The highest BCUT2D eigenvalue weighted by Crippen LogP contribution is 2.32. The van der Waals surface area contributed by atoms with Crippen LogP contribution in [-0.2, 0) is 14.3 Å². The molecule has 1 aliphatic rings. The third kappa shape index (κ3) is 8.55. The van der Waals surface area contributed by atoms with Gasteiger partial charge in [0.05, 0.1) is 11.8 Å². The Morgan fingerprint density at radius 1 is 1.04 bits per heavy atom. The number of unbranched alkanes of at least 4 members (excludes halogenated alkanes) is 2. The van der Waals surface area contributed by atoms with Crippen molar-refractivity contribution in [3.05, 3.63) is 0 Å². The number of aliphatic carboxylic acids is 1. The van der Waals surface area contributed by atoms with Gasteiger partial charge in [0.1, 0.15) is 5.60 Å². The molecule has 0 amide bonds. The van der Waals surface area contributed by atoms with Crippen molar-refractivity contribution in [2.24, 2.45) is 17.8 Å². The first kappa shape index (κ1) is 23.0. The van der Waals surface area contributed by atoms with Gasteiger partial charge in [-0.25, -0.2) is 0 Å². The number of carbonyl (C=O) groups is 2. The second-order valence-corrected chi connectivity index (χ2v) is 8.77. The highest BCUT2D eigenvalue weighted by atomic mass is 16.6. The molecule has 0 aromatic rings. The monoisotopic (exact) mass is 368 g/mol. The van der Waals surface area contributed by atoms with Gasteiger partial charge in [-0.3, -0.25) is 9.59 Å². The van der Waals surface area contributed by atoms with Gasteiger partial charge in [-0.05, 0) is 51.9 Å². The third-order valence-corrected chi connectivity index (χ3v) is 5.80. The molecule has 1 rings (SSSR count). The summed E-state index contributed by atoms with van der Waals surface area (Å²) in [6.07, 6.45) is 12.2. The Morgan fingerprint density at radius 3 is 2.35 bits per heavy atom. The maximum absolute atomic E-state index is 12.5. The first-order valence-electron chi connectivity index (χ1n) is 10.7. The molecule has 3 unspecified atom stereocenters. The maximum atomic E-state index is 12.5.